The van der Waals surface area contributed by atoms with Crippen molar-refractivity contribution >= 4 is 0 Å². The third-order valence-corrected chi connectivity index (χ3v) is 6.79. The van der Waals surface area contributed by atoms with Crippen molar-refractivity contribution in [1.82, 2.24) is 0 Å². The van der Waals surface area contributed by atoms with Gasteiger partial charge in [0.2, 0.25) is 0 Å². The zero-order valence-corrected chi connectivity index (χ0v) is 15.6. The summed E-state index contributed by atoms with van der Waals surface area (Å²) in [6.07, 6.45) is 2.31. The summed E-state index contributed by atoms with van der Waals surface area (Å²) in [5, 5.41) is 21.5. The summed E-state index contributed by atoms with van der Waals surface area (Å²) in [6, 6.07) is 0. The van der Waals surface area contributed by atoms with Crippen LogP contribution in [0.4, 0.5) is 0 Å². The van der Waals surface area contributed by atoms with Gasteiger partial charge in [0.1, 0.15) is 18.3 Å². The molecule has 5 rings (SSSR count). The minimum Gasteiger partial charge on any atom is -0.387 e. The maximum absolute atomic E-state index is 10.8. The van der Waals surface area contributed by atoms with Gasteiger partial charge in [-0.25, -0.2) is 0 Å². The first-order valence-electron chi connectivity index (χ1n) is 9.61. The lowest BCUT2D eigenvalue weighted by Crippen LogP contribution is -2.44. The standard InChI is InChI=1S/C20H28O6/c1-9-7-12-16(23-12)20(4,22)6-5-10-11-8-13(15-19(2,3)26-15)24-18(11)25-17(21)14(9)10/h8,10,12-18,21-22H,1,5-7H2,2-4H3/t10-,12-,13-,14+,15-,16-,17+,18+,20+/m1/s1. The molecule has 26 heavy (non-hydrogen) atoms. The van der Waals surface area contributed by atoms with Crippen LogP contribution in [0, 0.1) is 11.8 Å². The molecular formula is C20H28O6. The molecule has 9 atom stereocenters. The van der Waals surface area contributed by atoms with E-state index in [-0.39, 0.29) is 41.9 Å². The highest BCUT2D eigenvalue weighted by atomic mass is 16.7. The Morgan fingerprint density at radius 2 is 1.88 bits per heavy atom. The van der Waals surface area contributed by atoms with Gasteiger partial charge in [-0.3, -0.25) is 0 Å². The molecule has 0 spiro atoms. The molecular weight excluding hydrogens is 336 g/mol. The molecule has 4 fully saturated rings. The van der Waals surface area contributed by atoms with Crippen molar-refractivity contribution in [2.24, 2.45) is 11.8 Å². The number of ether oxygens (including phenoxy) is 4. The first-order chi connectivity index (χ1) is 12.2. The van der Waals surface area contributed by atoms with E-state index in [1.807, 2.05) is 20.8 Å². The van der Waals surface area contributed by atoms with Crippen molar-refractivity contribution in [3.63, 3.8) is 0 Å². The number of epoxide rings is 2. The molecule has 6 nitrogen and oxygen atoms in total. The quantitative estimate of drug-likeness (QED) is 0.544. The number of aliphatic hydroxyl groups is 2. The molecule has 6 heteroatoms. The highest BCUT2D eigenvalue weighted by molar-refractivity contribution is 5.28. The molecule has 2 N–H and O–H groups in total. The van der Waals surface area contributed by atoms with Gasteiger partial charge in [0.15, 0.2) is 12.6 Å². The highest BCUT2D eigenvalue weighted by Crippen LogP contribution is 2.52. The van der Waals surface area contributed by atoms with Crippen LogP contribution >= 0.6 is 0 Å². The van der Waals surface area contributed by atoms with Gasteiger partial charge in [-0.2, -0.15) is 0 Å². The predicted octanol–water partition coefficient (Wildman–Crippen LogP) is 1.65. The van der Waals surface area contributed by atoms with Crippen molar-refractivity contribution < 1.29 is 29.2 Å². The van der Waals surface area contributed by atoms with Gasteiger partial charge in [0.05, 0.1) is 17.3 Å². The lowest BCUT2D eigenvalue weighted by Gasteiger charge is -2.41. The lowest BCUT2D eigenvalue weighted by atomic mass is 9.75. The Kier molecular flexibility index (Phi) is 3.60. The summed E-state index contributed by atoms with van der Waals surface area (Å²) >= 11 is 0. The molecule has 0 unspecified atom stereocenters. The van der Waals surface area contributed by atoms with E-state index in [2.05, 4.69) is 12.7 Å². The van der Waals surface area contributed by atoms with Gasteiger partial charge < -0.3 is 29.2 Å². The Hall–Kier alpha value is -0.760. The summed E-state index contributed by atoms with van der Waals surface area (Å²) < 4.78 is 23.3. The lowest BCUT2D eigenvalue weighted by molar-refractivity contribution is -0.253. The van der Waals surface area contributed by atoms with Crippen molar-refractivity contribution in [3.05, 3.63) is 23.8 Å². The summed E-state index contributed by atoms with van der Waals surface area (Å²) in [4.78, 5) is 0. The molecule has 3 saturated heterocycles. The number of rotatable bonds is 1. The Balaban J connectivity index is 1.45. The summed E-state index contributed by atoms with van der Waals surface area (Å²) in [5.74, 6) is -0.154. The van der Waals surface area contributed by atoms with Crippen molar-refractivity contribution in [3.8, 4) is 0 Å². The number of hydrogen-bond donors (Lipinski definition) is 2. The summed E-state index contributed by atoms with van der Waals surface area (Å²) in [7, 11) is 0. The smallest absolute Gasteiger partial charge is 0.184 e. The van der Waals surface area contributed by atoms with Crippen LogP contribution in [0.5, 0.6) is 0 Å². The zero-order chi connectivity index (χ0) is 18.4. The fraction of sp³-hybridized carbons (Fsp3) is 0.800. The molecule has 0 aromatic carbocycles. The molecule has 1 aliphatic carbocycles. The van der Waals surface area contributed by atoms with Crippen LogP contribution in [-0.4, -0.2) is 58.4 Å². The van der Waals surface area contributed by atoms with Gasteiger partial charge >= 0.3 is 0 Å². The second-order valence-electron chi connectivity index (χ2n) is 9.25. The van der Waals surface area contributed by atoms with Crippen LogP contribution in [0.1, 0.15) is 40.0 Å². The van der Waals surface area contributed by atoms with E-state index in [1.54, 1.807) is 0 Å². The molecule has 1 saturated carbocycles. The van der Waals surface area contributed by atoms with E-state index in [1.165, 1.54) is 0 Å². The molecule has 5 aliphatic rings. The number of hydrogen-bond acceptors (Lipinski definition) is 6. The Morgan fingerprint density at radius 3 is 2.58 bits per heavy atom. The van der Waals surface area contributed by atoms with Crippen LogP contribution in [0.2, 0.25) is 0 Å². The summed E-state index contributed by atoms with van der Waals surface area (Å²) in [6.45, 7) is 10.2. The fourth-order valence-corrected chi connectivity index (χ4v) is 5.13. The van der Waals surface area contributed by atoms with Crippen molar-refractivity contribution in [2.45, 2.75) is 88.2 Å². The van der Waals surface area contributed by atoms with E-state index in [0.717, 1.165) is 17.6 Å². The molecule has 4 aliphatic heterocycles. The SMILES string of the molecule is C=C1C[C@H]2O[C@H]2[C@@](C)(O)CC[C@@H]2C3=C[C@H]([C@H]4OC4(C)C)O[C@H]3O[C@H](O)[C@@H]12. The van der Waals surface area contributed by atoms with Gasteiger partial charge in [0.25, 0.3) is 0 Å². The summed E-state index contributed by atoms with van der Waals surface area (Å²) in [5.41, 5.74) is 0.945. The minimum absolute atomic E-state index is 0.0107. The van der Waals surface area contributed by atoms with E-state index in [4.69, 9.17) is 18.9 Å². The zero-order valence-electron chi connectivity index (χ0n) is 15.6. The third kappa shape index (κ3) is 2.62. The normalized spacial score (nSPS) is 54.8. The Morgan fingerprint density at radius 1 is 1.15 bits per heavy atom. The van der Waals surface area contributed by atoms with Crippen LogP contribution in [-0.2, 0) is 18.9 Å². The first kappa shape index (κ1) is 17.3. The molecule has 0 aromatic rings. The Labute approximate surface area is 153 Å². The molecule has 144 valence electrons. The minimum atomic E-state index is -0.957. The fourth-order valence-electron chi connectivity index (χ4n) is 5.13. The van der Waals surface area contributed by atoms with Crippen LogP contribution in [0.25, 0.3) is 0 Å². The van der Waals surface area contributed by atoms with E-state index >= 15 is 0 Å². The first-order valence-corrected chi connectivity index (χ1v) is 9.61. The van der Waals surface area contributed by atoms with E-state index in [9.17, 15) is 10.2 Å². The monoisotopic (exact) mass is 364 g/mol. The third-order valence-electron chi connectivity index (χ3n) is 6.79. The number of fused-ring (bicyclic) bond motifs is 4. The second-order valence-corrected chi connectivity index (χ2v) is 9.25. The van der Waals surface area contributed by atoms with Crippen molar-refractivity contribution in [1.29, 1.82) is 0 Å². The van der Waals surface area contributed by atoms with Crippen molar-refractivity contribution in [2.75, 3.05) is 0 Å². The average molecular weight is 364 g/mol. The second kappa shape index (κ2) is 5.40. The number of aliphatic hydroxyl groups excluding tert-OH is 1. The van der Waals surface area contributed by atoms with E-state index in [0.29, 0.717) is 12.8 Å². The maximum Gasteiger partial charge on any atom is 0.184 e. The molecule has 0 amide bonds. The van der Waals surface area contributed by atoms with Gasteiger partial charge in [-0.05, 0) is 57.6 Å². The van der Waals surface area contributed by atoms with E-state index < -0.39 is 18.2 Å². The predicted molar refractivity (Wildman–Crippen MR) is 92.0 cm³/mol. The highest BCUT2D eigenvalue weighted by Gasteiger charge is 2.58. The largest absolute Gasteiger partial charge is 0.387 e. The molecule has 4 heterocycles. The Bertz CT molecular complexity index is 667. The van der Waals surface area contributed by atoms with Gasteiger partial charge in [-0.15, -0.1) is 0 Å². The topological polar surface area (TPSA) is 84.0 Å². The van der Waals surface area contributed by atoms with Gasteiger partial charge in [-0.1, -0.05) is 12.2 Å². The van der Waals surface area contributed by atoms with Crippen LogP contribution < -0.4 is 0 Å². The molecule has 0 aromatic heterocycles. The molecule has 0 radical (unpaired) electrons. The molecule has 0 bridgehead atoms. The average Bonchev–Trinajstić information content (AvgIpc) is 3.39. The maximum atomic E-state index is 10.8. The van der Waals surface area contributed by atoms with Gasteiger partial charge in [0, 0.05) is 5.92 Å². The van der Waals surface area contributed by atoms with Crippen LogP contribution in [0.15, 0.2) is 23.8 Å². The van der Waals surface area contributed by atoms with Crippen LogP contribution in [0.3, 0.4) is 0 Å².